The van der Waals surface area contributed by atoms with E-state index in [1.165, 1.54) is 18.2 Å². The van der Waals surface area contributed by atoms with Crippen molar-refractivity contribution in [3.63, 3.8) is 0 Å². The van der Waals surface area contributed by atoms with Gasteiger partial charge in [0.15, 0.2) is 0 Å². The summed E-state index contributed by atoms with van der Waals surface area (Å²) in [6, 6.07) is 4.50. The molecule has 0 radical (unpaired) electrons. The van der Waals surface area contributed by atoms with Crippen molar-refractivity contribution in [1.82, 2.24) is 10.2 Å². The summed E-state index contributed by atoms with van der Waals surface area (Å²) in [5, 5.41) is 3.44. The van der Waals surface area contributed by atoms with Crippen LogP contribution in [-0.2, 0) is 0 Å². The molecule has 98 valence electrons. The molecule has 5 heteroatoms. The highest BCUT2D eigenvalue weighted by molar-refractivity contribution is 6.33. The van der Waals surface area contributed by atoms with Gasteiger partial charge in [-0.05, 0) is 26.0 Å². The van der Waals surface area contributed by atoms with E-state index in [-0.39, 0.29) is 28.6 Å². The number of nitrogens with one attached hydrogen (secondary N) is 1. The second-order valence-corrected chi connectivity index (χ2v) is 4.99. The Balaban J connectivity index is 2.31. The van der Waals surface area contributed by atoms with E-state index in [0.717, 1.165) is 0 Å². The zero-order valence-electron chi connectivity index (χ0n) is 10.4. The molecule has 1 aliphatic heterocycles. The Labute approximate surface area is 111 Å². The van der Waals surface area contributed by atoms with E-state index >= 15 is 0 Å². The monoisotopic (exact) mass is 270 g/mol. The third kappa shape index (κ3) is 2.35. The Morgan fingerprint density at radius 2 is 2.22 bits per heavy atom. The highest BCUT2D eigenvalue weighted by atomic mass is 35.5. The third-order valence-corrected chi connectivity index (χ3v) is 3.79. The maximum absolute atomic E-state index is 13.7. The minimum absolute atomic E-state index is 0.0157. The molecule has 1 aromatic carbocycles. The number of piperazine rings is 1. The van der Waals surface area contributed by atoms with Gasteiger partial charge in [0.25, 0.3) is 5.91 Å². The fourth-order valence-electron chi connectivity index (χ4n) is 2.19. The van der Waals surface area contributed by atoms with Crippen molar-refractivity contribution in [3.05, 3.63) is 34.6 Å². The minimum Gasteiger partial charge on any atom is -0.333 e. The molecule has 2 unspecified atom stereocenters. The maximum Gasteiger partial charge on any atom is 0.258 e. The van der Waals surface area contributed by atoms with Crippen LogP contribution in [0.1, 0.15) is 24.2 Å². The van der Waals surface area contributed by atoms with E-state index in [1.807, 2.05) is 13.8 Å². The van der Waals surface area contributed by atoms with Gasteiger partial charge in [-0.1, -0.05) is 17.7 Å². The van der Waals surface area contributed by atoms with Gasteiger partial charge >= 0.3 is 0 Å². The Morgan fingerprint density at radius 1 is 1.50 bits per heavy atom. The smallest absolute Gasteiger partial charge is 0.258 e. The van der Waals surface area contributed by atoms with Crippen molar-refractivity contribution in [3.8, 4) is 0 Å². The maximum atomic E-state index is 13.7. The van der Waals surface area contributed by atoms with Crippen molar-refractivity contribution in [2.45, 2.75) is 25.9 Å². The van der Waals surface area contributed by atoms with Crippen molar-refractivity contribution < 1.29 is 9.18 Å². The molecule has 1 N–H and O–H groups in total. The summed E-state index contributed by atoms with van der Waals surface area (Å²) >= 11 is 5.92. The van der Waals surface area contributed by atoms with E-state index in [4.69, 9.17) is 11.6 Å². The van der Waals surface area contributed by atoms with E-state index in [2.05, 4.69) is 5.32 Å². The lowest BCUT2D eigenvalue weighted by molar-refractivity contribution is 0.0598. The van der Waals surface area contributed by atoms with Gasteiger partial charge in [-0.25, -0.2) is 4.39 Å². The molecule has 1 aromatic rings. The van der Waals surface area contributed by atoms with Crippen molar-refractivity contribution in [2.75, 3.05) is 13.1 Å². The van der Waals surface area contributed by atoms with Gasteiger partial charge in [-0.3, -0.25) is 4.79 Å². The zero-order chi connectivity index (χ0) is 13.3. The lowest BCUT2D eigenvalue weighted by Crippen LogP contribution is -2.57. The predicted octanol–water partition coefficient (Wildman–Crippen LogP) is 2.30. The van der Waals surface area contributed by atoms with Crippen LogP contribution in [-0.4, -0.2) is 36.0 Å². The number of rotatable bonds is 1. The summed E-state index contributed by atoms with van der Waals surface area (Å²) in [5.41, 5.74) is -0.0277. The Morgan fingerprint density at radius 3 is 2.89 bits per heavy atom. The Hall–Kier alpha value is -1.13. The SMILES string of the molecule is CC1NCCN(C(=O)c2c(F)cccc2Cl)C1C. The molecule has 1 saturated heterocycles. The molecule has 0 saturated carbocycles. The number of carbonyl (C=O) groups is 1. The summed E-state index contributed by atoms with van der Waals surface area (Å²) in [6.45, 7) is 5.23. The highest BCUT2D eigenvalue weighted by Gasteiger charge is 2.31. The lowest BCUT2D eigenvalue weighted by atomic mass is 10.1. The first-order chi connectivity index (χ1) is 8.52. The summed E-state index contributed by atoms with van der Waals surface area (Å²) < 4.78 is 13.7. The van der Waals surface area contributed by atoms with Crippen LogP contribution in [0.25, 0.3) is 0 Å². The number of hydrogen-bond donors (Lipinski definition) is 1. The number of halogens is 2. The van der Waals surface area contributed by atoms with Gasteiger partial charge in [0.05, 0.1) is 10.6 Å². The van der Waals surface area contributed by atoms with Gasteiger partial charge in [-0.2, -0.15) is 0 Å². The normalized spacial score (nSPS) is 24.1. The largest absolute Gasteiger partial charge is 0.333 e. The standard InChI is InChI=1S/C13H16ClFN2O/c1-8-9(2)17(7-6-16-8)13(18)12-10(14)4-3-5-11(12)15/h3-5,8-9,16H,6-7H2,1-2H3. The number of nitrogens with zero attached hydrogens (tertiary/aromatic N) is 1. The molecule has 18 heavy (non-hydrogen) atoms. The van der Waals surface area contributed by atoms with Crippen LogP contribution in [0.5, 0.6) is 0 Å². The fraction of sp³-hybridized carbons (Fsp3) is 0.462. The molecule has 2 atom stereocenters. The molecule has 2 rings (SSSR count). The third-order valence-electron chi connectivity index (χ3n) is 3.47. The second kappa shape index (κ2) is 5.24. The van der Waals surface area contributed by atoms with Gasteiger partial charge < -0.3 is 10.2 Å². The van der Waals surface area contributed by atoms with Crippen LogP contribution in [0.15, 0.2) is 18.2 Å². The van der Waals surface area contributed by atoms with Crippen molar-refractivity contribution in [2.24, 2.45) is 0 Å². The highest BCUT2D eigenvalue weighted by Crippen LogP contribution is 2.23. The Bertz CT molecular complexity index is 446. The van der Waals surface area contributed by atoms with Crippen LogP contribution in [0, 0.1) is 5.82 Å². The second-order valence-electron chi connectivity index (χ2n) is 4.58. The van der Waals surface area contributed by atoms with Gasteiger partial charge in [0.2, 0.25) is 0 Å². The van der Waals surface area contributed by atoms with E-state index < -0.39 is 5.82 Å². The van der Waals surface area contributed by atoms with E-state index in [9.17, 15) is 9.18 Å². The van der Waals surface area contributed by atoms with Crippen LogP contribution in [0.4, 0.5) is 4.39 Å². The van der Waals surface area contributed by atoms with Gasteiger partial charge in [0.1, 0.15) is 5.82 Å². The van der Waals surface area contributed by atoms with Crippen LogP contribution in [0.3, 0.4) is 0 Å². The fourth-order valence-corrected chi connectivity index (χ4v) is 2.43. The summed E-state index contributed by atoms with van der Waals surface area (Å²) in [6.07, 6.45) is 0. The first-order valence-electron chi connectivity index (χ1n) is 6.00. The molecule has 0 bridgehead atoms. The summed E-state index contributed by atoms with van der Waals surface area (Å²) in [5.74, 6) is -0.898. The minimum atomic E-state index is -0.564. The van der Waals surface area contributed by atoms with Crippen LogP contribution in [0.2, 0.25) is 5.02 Å². The van der Waals surface area contributed by atoms with Gasteiger partial charge in [0, 0.05) is 25.2 Å². The number of hydrogen-bond acceptors (Lipinski definition) is 2. The van der Waals surface area contributed by atoms with Crippen LogP contribution < -0.4 is 5.32 Å². The molecule has 1 amide bonds. The number of amides is 1. The summed E-state index contributed by atoms with van der Waals surface area (Å²) in [7, 11) is 0. The zero-order valence-corrected chi connectivity index (χ0v) is 11.2. The van der Waals surface area contributed by atoms with Crippen LogP contribution >= 0.6 is 11.6 Å². The Kier molecular flexibility index (Phi) is 3.88. The topological polar surface area (TPSA) is 32.3 Å². The molecule has 3 nitrogen and oxygen atoms in total. The lowest BCUT2D eigenvalue weighted by Gasteiger charge is -2.38. The molecule has 1 fully saturated rings. The summed E-state index contributed by atoms with van der Waals surface area (Å²) in [4.78, 5) is 14.0. The molecule has 1 aliphatic rings. The number of benzene rings is 1. The molecular weight excluding hydrogens is 255 g/mol. The average Bonchev–Trinajstić information content (AvgIpc) is 2.32. The number of carbonyl (C=O) groups excluding carboxylic acids is 1. The molecule has 0 spiro atoms. The quantitative estimate of drug-likeness (QED) is 0.849. The van der Waals surface area contributed by atoms with Gasteiger partial charge in [-0.15, -0.1) is 0 Å². The van der Waals surface area contributed by atoms with E-state index in [1.54, 1.807) is 4.90 Å². The molecule has 0 aromatic heterocycles. The first kappa shape index (κ1) is 13.3. The van der Waals surface area contributed by atoms with E-state index in [0.29, 0.717) is 13.1 Å². The first-order valence-corrected chi connectivity index (χ1v) is 6.38. The molecule has 0 aliphatic carbocycles. The van der Waals surface area contributed by atoms with Crippen molar-refractivity contribution in [1.29, 1.82) is 0 Å². The van der Waals surface area contributed by atoms with Crippen molar-refractivity contribution >= 4 is 17.5 Å². The predicted molar refractivity (Wildman–Crippen MR) is 69.4 cm³/mol. The average molecular weight is 271 g/mol. The molecule has 1 heterocycles. The molecular formula is C13H16ClFN2O.